The molecule has 4 aromatic rings. The minimum Gasteiger partial charge on any atom is -0.496 e. The summed E-state index contributed by atoms with van der Waals surface area (Å²) in [5.41, 5.74) is 3.53. The first-order chi connectivity index (χ1) is 17.8. The summed E-state index contributed by atoms with van der Waals surface area (Å²) in [4.78, 5) is 12.6. The molecule has 0 radical (unpaired) electrons. The maximum Gasteiger partial charge on any atom is 0.249 e. The van der Waals surface area contributed by atoms with E-state index in [1.165, 1.54) is 6.08 Å². The number of amides is 1. The minimum atomic E-state index is -0.379. The van der Waals surface area contributed by atoms with Gasteiger partial charge in [-0.25, -0.2) is 0 Å². The number of rotatable bonds is 9. The van der Waals surface area contributed by atoms with Crippen LogP contribution in [0.4, 0.5) is 5.82 Å². The van der Waals surface area contributed by atoms with E-state index in [1.807, 2.05) is 49.4 Å². The Morgan fingerprint density at radius 3 is 2.46 bits per heavy atom. The normalized spacial score (nSPS) is 11.1. The first-order valence-corrected chi connectivity index (χ1v) is 12.5. The van der Waals surface area contributed by atoms with Gasteiger partial charge in [0, 0.05) is 33.4 Å². The van der Waals surface area contributed by atoms with Gasteiger partial charge in [-0.2, -0.15) is 5.10 Å². The fourth-order valence-corrected chi connectivity index (χ4v) is 4.26. The van der Waals surface area contributed by atoms with Gasteiger partial charge in [0.2, 0.25) is 5.91 Å². The highest BCUT2D eigenvalue weighted by Crippen LogP contribution is 2.27. The standard InChI is InChI=1S/C28H24Cl3N3O3/c1-18-6-10-21(11-7-18)37-17-20-14-19(8-12-26(20)36-2)9-13-27(35)32-28-25(31)16-34(33-28)15-22-23(29)4-3-5-24(22)30/h3-14,16H,15,17H2,1-2H3,(H,32,33,35)/b13-9+. The lowest BCUT2D eigenvalue weighted by molar-refractivity contribution is -0.111. The lowest BCUT2D eigenvalue weighted by Crippen LogP contribution is -2.10. The van der Waals surface area contributed by atoms with Crippen molar-refractivity contribution in [2.45, 2.75) is 20.1 Å². The average molecular weight is 557 g/mol. The molecule has 3 aromatic carbocycles. The number of carbonyl (C=O) groups is 1. The predicted octanol–water partition coefficient (Wildman–Crippen LogP) is 7.44. The molecular formula is C28H24Cl3N3O3. The molecule has 4 rings (SSSR count). The number of benzene rings is 3. The Hall–Kier alpha value is -3.45. The Kier molecular flexibility index (Phi) is 8.77. The predicted molar refractivity (Wildman–Crippen MR) is 149 cm³/mol. The topological polar surface area (TPSA) is 65.4 Å². The minimum absolute atomic E-state index is 0.237. The Morgan fingerprint density at radius 2 is 1.76 bits per heavy atom. The van der Waals surface area contributed by atoms with Crippen molar-refractivity contribution in [1.29, 1.82) is 0 Å². The quantitative estimate of drug-likeness (QED) is 0.218. The molecular weight excluding hydrogens is 533 g/mol. The maximum absolute atomic E-state index is 12.6. The molecule has 0 saturated heterocycles. The number of carbonyl (C=O) groups excluding carboxylic acids is 1. The van der Waals surface area contributed by atoms with Crippen LogP contribution in [0.1, 0.15) is 22.3 Å². The van der Waals surface area contributed by atoms with Crippen molar-refractivity contribution in [1.82, 2.24) is 9.78 Å². The molecule has 1 amide bonds. The van der Waals surface area contributed by atoms with Crippen molar-refractivity contribution in [3.63, 3.8) is 0 Å². The van der Waals surface area contributed by atoms with Gasteiger partial charge in [-0.15, -0.1) is 0 Å². The largest absolute Gasteiger partial charge is 0.496 e. The number of hydrogen-bond donors (Lipinski definition) is 1. The summed E-state index contributed by atoms with van der Waals surface area (Å²) in [7, 11) is 1.61. The zero-order valence-corrected chi connectivity index (χ0v) is 22.4. The Balaban J connectivity index is 1.41. The summed E-state index contributed by atoms with van der Waals surface area (Å²) in [5.74, 6) is 1.32. The third kappa shape index (κ3) is 7.07. The molecule has 0 fully saturated rings. The van der Waals surface area contributed by atoms with Gasteiger partial charge >= 0.3 is 0 Å². The number of ether oxygens (including phenoxy) is 2. The SMILES string of the molecule is COc1ccc(/C=C/C(=O)Nc2nn(Cc3c(Cl)cccc3Cl)cc2Cl)cc1COc1ccc(C)cc1. The zero-order valence-electron chi connectivity index (χ0n) is 20.2. The van der Waals surface area contributed by atoms with Gasteiger partial charge in [0.25, 0.3) is 0 Å². The molecule has 0 saturated carbocycles. The van der Waals surface area contributed by atoms with E-state index in [9.17, 15) is 4.79 Å². The molecule has 0 aliphatic carbocycles. The maximum atomic E-state index is 12.6. The third-order valence-corrected chi connectivity index (χ3v) is 6.47. The van der Waals surface area contributed by atoms with Gasteiger partial charge in [0.15, 0.2) is 5.82 Å². The smallest absolute Gasteiger partial charge is 0.249 e. The van der Waals surface area contributed by atoms with E-state index in [-0.39, 0.29) is 11.7 Å². The van der Waals surface area contributed by atoms with Crippen molar-refractivity contribution in [3.8, 4) is 11.5 Å². The van der Waals surface area contributed by atoms with E-state index in [1.54, 1.807) is 42.3 Å². The molecule has 0 spiro atoms. The van der Waals surface area contributed by atoms with Gasteiger partial charge in [-0.05, 0) is 55.0 Å². The van der Waals surface area contributed by atoms with E-state index in [2.05, 4.69) is 10.4 Å². The van der Waals surface area contributed by atoms with Crippen molar-refractivity contribution in [2.24, 2.45) is 0 Å². The monoisotopic (exact) mass is 555 g/mol. The van der Waals surface area contributed by atoms with Gasteiger partial charge in [0.05, 0.1) is 13.7 Å². The number of halogens is 3. The number of anilines is 1. The zero-order chi connectivity index (χ0) is 26.4. The molecule has 0 bridgehead atoms. The summed E-state index contributed by atoms with van der Waals surface area (Å²) in [6.07, 6.45) is 4.70. The van der Waals surface area contributed by atoms with Crippen LogP contribution in [0, 0.1) is 6.92 Å². The van der Waals surface area contributed by atoms with Crippen molar-refractivity contribution in [3.05, 3.63) is 110 Å². The molecule has 1 N–H and O–H groups in total. The number of nitrogens with zero attached hydrogens (tertiary/aromatic N) is 2. The average Bonchev–Trinajstić information content (AvgIpc) is 3.23. The summed E-state index contributed by atoms with van der Waals surface area (Å²) in [5, 5.41) is 8.39. The summed E-state index contributed by atoms with van der Waals surface area (Å²) in [6, 6.07) is 18.7. The van der Waals surface area contributed by atoms with E-state index in [4.69, 9.17) is 44.3 Å². The lowest BCUT2D eigenvalue weighted by atomic mass is 10.1. The number of nitrogens with one attached hydrogen (secondary N) is 1. The van der Waals surface area contributed by atoms with Crippen molar-refractivity contribution >= 4 is 52.6 Å². The number of methoxy groups -OCH3 is 1. The second-order valence-electron chi connectivity index (χ2n) is 8.22. The molecule has 9 heteroatoms. The van der Waals surface area contributed by atoms with Crippen LogP contribution in [-0.2, 0) is 17.9 Å². The molecule has 0 atom stereocenters. The molecule has 37 heavy (non-hydrogen) atoms. The van der Waals surface area contributed by atoms with E-state index >= 15 is 0 Å². The summed E-state index contributed by atoms with van der Waals surface area (Å²) in [6.45, 7) is 2.65. The molecule has 0 aliphatic rings. The number of aromatic nitrogens is 2. The molecule has 0 aliphatic heterocycles. The van der Waals surface area contributed by atoms with Crippen molar-refractivity contribution in [2.75, 3.05) is 12.4 Å². The summed E-state index contributed by atoms with van der Waals surface area (Å²) < 4.78 is 12.9. The van der Waals surface area contributed by atoms with Crippen LogP contribution >= 0.6 is 34.8 Å². The molecule has 6 nitrogen and oxygen atoms in total. The fourth-order valence-electron chi connectivity index (χ4n) is 3.55. The fraction of sp³-hybridized carbons (Fsp3) is 0.143. The van der Waals surface area contributed by atoms with Crippen LogP contribution in [0.5, 0.6) is 11.5 Å². The van der Waals surface area contributed by atoms with Crippen LogP contribution in [0.15, 0.2) is 72.9 Å². The highest BCUT2D eigenvalue weighted by atomic mass is 35.5. The lowest BCUT2D eigenvalue weighted by Gasteiger charge is -2.11. The molecule has 1 heterocycles. The van der Waals surface area contributed by atoms with E-state index in [0.29, 0.717) is 39.5 Å². The van der Waals surface area contributed by atoms with Crippen LogP contribution in [-0.4, -0.2) is 22.8 Å². The van der Waals surface area contributed by atoms with E-state index < -0.39 is 0 Å². The first-order valence-electron chi connectivity index (χ1n) is 11.3. The second-order valence-corrected chi connectivity index (χ2v) is 9.44. The summed E-state index contributed by atoms with van der Waals surface area (Å²) >= 11 is 18.8. The van der Waals surface area contributed by atoms with Crippen LogP contribution < -0.4 is 14.8 Å². The Labute approximate surface area is 230 Å². The Morgan fingerprint density at radius 1 is 1.03 bits per heavy atom. The van der Waals surface area contributed by atoms with Crippen LogP contribution in [0.2, 0.25) is 15.1 Å². The van der Waals surface area contributed by atoms with Crippen LogP contribution in [0.25, 0.3) is 6.08 Å². The molecule has 0 unspecified atom stereocenters. The number of hydrogen-bond acceptors (Lipinski definition) is 4. The first kappa shape index (κ1) is 26.6. The van der Waals surface area contributed by atoms with Gasteiger partial charge < -0.3 is 14.8 Å². The van der Waals surface area contributed by atoms with E-state index in [0.717, 1.165) is 22.4 Å². The Bertz CT molecular complexity index is 1410. The van der Waals surface area contributed by atoms with Gasteiger partial charge in [0.1, 0.15) is 23.1 Å². The van der Waals surface area contributed by atoms with Crippen LogP contribution in [0.3, 0.4) is 0 Å². The van der Waals surface area contributed by atoms with Crippen molar-refractivity contribution < 1.29 is 14.3 Å². The van der Waals surface area contributed by atoms with Gasteiger partial charge in [-0.1, -0.05) is 64.6 Å². The highest BCUT2D eigenvalue weighted by Gasteiger charge is 2.12. The molecule has 190 valence electrons. The molecule has 1 aromatic heterocycles. The highest BCUT2D eigenvalue weighted by molar-refractivity contribution is 6.36. The third-order valence-electron chi connectivity index (χ3n) is 5.49. The second kappa shape index (κ2) is 12.2. The number of aryl methyl sites for hydroxylation is 1. The van der Waals surface area contributed by atoms with Gasteiger partial charge in [-0.3, -0.25) is 9.48 Å².